The van der Waals surface area contributed by atoms with Crippen LogP contribution in [0.4, 0.5) is 0 Å². The Kier molecular flexibility index (Phi) is 3.23. The number of rotatable bonds is 3. The number of nitrogens with zero attached hydrogens (tertiary/aromatic N) is 2. The van der Waals surface area contributed by atoms with E-state index in [0.29, 0.717) is 11.4 Å². The quantitative estimate of drug-likeness (QED) is 0.798. The number of para-hydroxylation sites is 1. The van der Waals surface area contributed by atoms with Gasteiger partial charge in [-0.25, -0.2) is 4.98 Å². The molecule has 2 aromatic heterocycles. The molecule has 0 fully saturated rings. The van der Waals surface area contributed by atoms with Crippen molar-refractivity contribution in [2.24, 2.45) is 5.73 Å². The summed E-state index contributed by atoms with van der Waals surface area (Å²) in [4.78, 5) is 19.8. The third-order valence-corrected chi connectivity index (χ3v) is 3.22. The SMILES string of the molecule is COc1nc2ccccc2cc1-c1cncc(C(N)=O)c1. The summed E-state index contributed by atoms with van der Waals surface area (Å²) in [6.45, 7) is 0. The molecule has 0 saturated heterocycles. The molecule has 21 heavy (non-hydrogen) atoms. The lowest BCUT2D eigenvalue weighted by molar-refractivity contribution is 0.1000. The van der Waals surface area contributed by atoms with E-state index in [4.69, 9.17) is 10.5 Å². The molecule has 3 rings (SSSR count). The molecule has 2 heterocycles. The van der Waals surface area contributed by atoms with Crippen molar-refractivity contribution in [2.45, 2.75) is 0 Å². The highest BCUT2D eigenvalue weighted by atomic mass is 16.5. The average molecular weight is 279 g/mol. The number of ether oxygens (including phenoxy) is 1. The van der Waals surface area contributed by atoms with Gasteiger partial charge in [-0.3, -0.25) is 9.78 Å². The largest absolute Gasteiger partial charge is 0.481 e. The summed E-state index contributed by atoms with van der Waals surface area (Å²) in [6.07, 6.45) is 3.09. The van der Waals surface area contributed by atoms with Gasteiger partial charge >= 0.3 is 0 Å². The molecule has 5 heteroatoms. The standard InChI is InChI=1S/C16H13N3O2/c1-21-16-13(7-10-4-2-3-5-14(10)19-16)11-6-12(15(17)20)9-18-8-11/h2-9H,1H3,(H2,17,20). The number of carbonyl (C=O) groups excluding carboxylic acids is 1. The molecule has 0 spiro atoms. The number of benzene rings is 1. The average Bonchev–Trinajstić information content (AvgIpc) is 2.53. The van der Waals surface area contributed by atoms with Crippen LogP contribution in [0.1, 0.15) is 10.4 Å². The van der Waals surface area contributed by atoms with E-state index >= 15 is 0 Å². The Labute approximate surface area is 121 Å². The molecule has 0 radical (unpaired) electrons. The monoisotopic (exact) mass is 279 g/mol. The number of hydrogen-bond donors (Lipinski definition) is 1. The lowest BCUT2D eigenvalue weighted by Crippen LogP contribution is -2.11. The van der Waals surface area contributed by atoms with Crippen LogP contribution < -0.4 is 10.5 Å². The first kappa shape index (κ1) is 13.1. The predicted octanol–water partition coefficient (Wildman–Crippen LogP) is 2.40. The van der Waals surface area contributed by atoms with Crippen molar-refractivity contribution < 1.29 is 9.53 Å². The van der Waals surface area contributed by atoms with E-state index < -0.39 is 5.91 Å². The summed E-state index contributed by atoms with van der Waals surface area (Å²) in [5.74, 6) is -0.0332. The molecule has 0 aliphatic heterocycles. The van der Waals surface area contributed by atoms with E-state index in [2.05, 4.69) is 9.97 Å². The van der Waals surface area contributed by atoms with Crippen LogP contribution in [0.3, 0.4) is 0 Å². The van der Waals surface area contributed by atoms with Gasteiger partial charge in [0.25, 0.3) is 0 Å². The molecule has 2 N–H and O–H groups in total. The zero-order chi connectivity index (χ0) is 14.8. The lowest BCUT2D eigenvalue weighted by Gasteiger charge is -2.10. The Hall–Kier alpha value is -2.95. The van der Waals surface area contributed by atoms with Gasteiger partial charge in [-0.2, -0.15) is 0 Å². The zero-order valence-corrected chi connectivity index (χ0v) is 11.4. The van der Waals surface area contributed by atoms with Gasteiger partial charge in [-0.15, -0.1) is 0 Å². The Morgan fingerprint density at radius 1 is 1.19 bits per heavy atom. The van der Waals surface area contributed by atoms with Crippen LogP contribution in [0.25, 0.3) is 22.0 Å². The van der Waals surface area contributed by atoms with Crippen LogP contribution in [0.15, 0.2) is 48.8 Å². The summed E-state index contributed by atoms with van der Waals surface area (Å²) < 4.78 is 5.35. The number of methoxy groups -OCH3 is 1. The van der Waals surface area contributed by atoms with Gasteiger partial charge < -0.3 is 10.5 Å². The third-order valence-electron chi connectivity index (χ3n) is 3.22. The van der Waals surface area contributed by atoms with Gasteiger partial charge in [0.15, 0.2) is 0 Å². The first-order valence-electron chi connectivity index (χ1n) is 6.38. The molecule has 1 amide bonds. The van der Waals surface area contributed by atoms with E-state index in [1.54, 1.807) is 19.4 Å². The summed E-state index contributed by atoms with van der Waals surface area (Å²) in [5, 5.41) is 0.984. The number of hydrogen-bond acceptors (Lipinski definition) is 4. The minimum atomic E-state index is -0.517. The Morgan fingerprint density at radius 3 is 2.76 bits per heavy atom. The third kappa shape index (κ3) is 2.41. The summed E-state index contributed by atoms with van der Waals surface area (Å²) in [5.41, 5.74) is 8.00. The number of aromatic nitrogens is 2. The number of fused-ring (bicyclic) bond motifs is 1. The molecular weight excluding hydrogens is 266 g/mol. The van der Waals surface area contributed by atoms with Gasteiger partial charge in [0.2, 0.25) is 11.8 Å². The Morgan fingerprint density at radius 2 is 2.00 bits per heavy atom. The van der Waals surface area contributed by atoms with Crippen LogP contribution in [0.5, 0.6) is 5.88 Å². The minimum Gasteiger partial charge on any atom is -0.481 e. The second kappa shape index (κ2) is 5.20. The summed E-state index contributed by atoms with van der Waals surface area (Å²) >= 11 is 0. The van der Waals surface area contributed by atoms with Gasteiger partial charge in [0.05, 0.1) is 18.2 Å². The summed E-state index contributed by atoms with van der Waals surface area (Å²) in [6, 6.07) is 11.4. The fourth-order valence-corrected chi connectivity index (χ4v) is 2.18. The van der Waals surface area contributed by atoms with Crippen molar-refractivity contribution in [3.8, 4) is 17.0 Å². The highest BCUT2D eigenvalue weighted by Crippen LogP contribution is 2.31. The van der Waals surface area contributed by atoms with E-state index in [1.165, 1.54) is 6.20 Å². The Bertz CT molecular complexity index is 831. The second-order valence-corrected chi connectivity index (χ2v) is 4.56. The number of carbonyl (C=O) groups is 1. The van der Waals surface area contributed by atoms with Crippen molar-refractivity contribution >= 4 is 16.8 Å². The first-order valence-corrected chi connectivity index (χ1v) is 6.38. The van der Waals surface area contributed by atoms with Crippen LogP contribution in [-0.4, -0.2) is 23.0 Å². The fourth-order valence-electron chi connectivity index (χ4n) is 2.18. The van der Waals surface area contributed by atoms with Crippen LogP contribution in [0.2, 0.25) is 0 Å². The molecule has 0 atom stereocenters. The normalized spacial score (nSPS) is 10.5. The fraction of sp³-hybridized carbons (Fsp3) is 0.0625. The molecule has 3 aromatic rings. The highest BCUT2D eigenvalue weighted by molar-refractivity contribution is 5.94. The lowest BCUT2D eigenvalue weighted by atomic mass is 10.0. The molecular formula is C16H13N3O2. The van der Waals surface area contributed by atoms with Gasteiger partial charge in [0, 0.05) is 28.9 Å². The van der Waals surface area contributed by atoms with Gasteiger partial charge in [0.1, 0.15) is 0 Å². The molecule has 0 aliphatic rings. The molecule has 1 aromatic carbocycles. The molecule has 0 aliphatic carbocycles. The smallest absolute Gasteiger partial charge is 0.250 e. The number of pyridine rings is 2. The minimum absolute atomic E-state index is 0.350. The van der Waals surface area contributed by atoms with Gasteiger partial charge in [-0.05, 0) is 18.2 Å². The summed E-state index contributed by atoms with van der Waals surface area (Å²) in [7, 11) is 1.56. The van der Waals surface area contributed by atoms with Crippen molar-refractivity contribution in [3.05, 3.63) is 54.4 Å². The molecule has 0 saturated carbocycles. The molecule has 0 unspecified atom stereocenters. The van der Waals surface area contributed by atoms with Crippen LogP contribution >= 0.6 is 0 Å². The molecule has 5 nitrogen and oxygen atoms in total. The maximum absolute atomic E-state index is 11.3. The van der Waals surface area contributed by atoms with Gasteiger partial charge in [-0.1, -0.05) is 18.2 Å². The van der Waals surface area contributed by atoms with E-state index in [0.717, 1.165) is 22.0 Å². The maximum atomic E-state index is 11.3. The van der Waals surface area contributed by atoms with E-state index in [-0.39, 0.29) is 0 Å². The van der Waals surface area contributed by atoms with Crippen molar-refractivity contribution in [1.82, 2.24) is 9.97 Å². The number of primary amides is 1. The molecule has 104 valence electrons. The Balaban J connectivity index is 2.23. The maximum Gasteiger partial charge on any atom is 0.250 e. The predicted molar refractivity (Wildman–Crippen MR) is 80.0 cm³/mol. The van der Waals surface area contributed by atoms with Crippen LogP contribution in [0, 0.1) is 0 Å². The first-order chi connectivity index (χ1) is 10.2. The topological polar surface area (TPSA) is 78.1 Å². The number of nitrogens with two attached hydrogens (primary N) is 1. The zero-order valence-electron chi connectivity index (χ0n) is 11.4. The van der Waals surface area contributed by atoms with Crippen molar-refractivity contribution in [3.63, 3.8) is 0 Å². The molecule has 0 bridgehead atoms. The van der Waals surface area contributed by atoms with Crippen molar-refractivity contribution in [2.75, 3.05) is 7.11 Å². The highest BCUT2D eigenvalue weighted by Gasteiger charge is 2.11. The van der Waals surface area contributed by atoms with Crippen LogP contribution in [-0.2, 0) is 0 Å². The van der Waals surface area contributed by atoms with Crippen molar-refractivity contribution in [1.29, 1.82) is 0 Å². The second-order valence-electron chi connectivity index (χ2n) is 4.56. The van der Waals surface area contributed by atoms with E-state index in [1.807, 2.05) is 30.3 Å². The van der Waals surface area contributed by atoms with E-state index in [9.17, 15) is 4.79 Å². The number of amides is 1.